The first-order chi connectivity index (χ1) is 12.5. The molecule has 1 aromatic heterocycles. The lowest BCUT2D eigenvalue weighted by Crippen LogP contribution is -2.43. The van der Waals surface area contributed by atoms with E-state index in [0.29, 0.717) is 20.3 Å². The second-order valence-electron chi connectivity index (χ2n) is 5.62. The highest BCUT2D eigenvalue weighted by Gasteiger charge is 2.30. The fourth-order valence-electron chi connectivity index (χ4n) is 2.58. The molecule has 0 spiro atoms. The van der Waals surface area contributed by atoms with Crippen molar-refractivity contribution in [1.29, 1.82) is 0 Å². The van der Waals surface area contributed by atoms with Gasteiger partial charge in [0, 0.05) is 12.1 Å². The van der Waals surface area contributed by atoms with E-state index in [-0.39, 0.29) is 31.1 Å². The zero-order chi connectivity index (χ0) is 18.7. The van der Waals surface area contributed by atoms with Crippen LogP contribution in [-0.2, 0) is 20.7 Å². The maximum atomic E-state index is 12.4. The number of esters is 1. The Morgan fingerprint density at radius 2 is 1.92 bits per heavy atom. The number of halogens is 1. The highest BCUT2D eigenvalue weighted by molar-refractivity contribution is 7.18. The summed E-state index contributed by atoms with van der Waals surface area (Å²) in [7, 11) is 0. The van der Waals surface area contributed by atoms with E-state index >= 15 is 0 Å². The molecule has 0 fully saturated rings. The summed E-state index contributed by atoms with van der Waals surface area (Å²) in [5, 5.41) is 0. The zero-order valence-electron chi connectivity index (χ0n) is 13.6. The quantitative estimate of drug-likeness (QED) is 0.429. The molecule has 26 heavy (non-hydrogen) atoms. The van der Waals surface area contributed by atoms with Crippen LogP contribution >= 0.6 is 22.9 Å². The van der Waals surface area contributed by atoms with Crippen molar-refractivity contribution in [3.63, 3.8) is 0 Å². The van der Waals surface area contributed by atoms with Crippen LogP contribution in [0.15, 0.2) is 36.4 Å². The van der Waals surface area contributed by atoms with Crippen LogP contribution in [0.25, 0.3) is 0 Å². The van der Waals surface area contributed by atoms with E-state index in [1.165, 1.54) is 0 Å². The molecular weight excluding hydrogens is 378 g/mol. The van der Waals surface area contributed by atoms with Gasteiger partial charge in [-0.3, -0.25) is 24.1 Å². The summed E-state index contributed by atoms with van der Waals surface area (Å²) in [6.07, 6.45) is -0.0489. The molecule has 1 aliphatic rings. The summed E-state index contributed by atoms with van der Waals surface area (Å²) in [4.78, 5) is 49.7. The molecule has 8 heteroatoms. The van der Waals surface area contributed by atoms with Crippen molar-refractivity contribution in [2.45, 2.75) is 12.8 Å². The summed E-state index contributed by atoms with van der Waals surface area (Å²) >= 11 is 6.86. The molecule has 0 atom stereocenters. The Morgan fingerprint density at radius 1 is 1.15 bits per heavy atom. The van der Waals surface area contributed by atoms with Crippen LogP contribution in [-0.4, -0.2) is 41.6 Å². The van der Waals surface area contributed by atoms with Crippen LogP contribution in [0.2, 0.25) is 4.34 Å². The molecule has 1 aromatic carbocycles. The third kappa shape index (κ3) is 4.00. The van der Waals surface area contributed by atoms with Crippen molar-refractivity contribution in [2.24, 2.45) is 0 Å². The molecule has 134 valence electrons. The van der Waals surface area contributed by atoms with Crippen molar-refractivity contribution in [2.75, 3.05) is 13.2 Å². The number of carbonyl (C=O) groups excluding carboxylic acids is 4. The second-order valence-corrected chi connectivity index (χ2v) is 7.34. The first-order valence-corrected chi connectivity index (χ1v) is 9.02. The van der Waals surface area contributed by atoms with E-state index in [1.54, 1.807) is 36.4 Å². The van der Waals surface area contributed by atoms with E-state index in [2.05, 4.69) is 0 Å². The first-order valence-electron chi connectivity index (χ1n) is 7.82. The van der Waals surface area contributed by atoms with Gasteiger partial charge in [0.15, 0.2) is 6.61 Å². The lowest BCUT2D eigenvalue weighted by atomic mass is 9.98. The van der Waals surface area contributed by atoms with Gasteiger partial charge in [-0.25, -0.2) is 0 Å². The predicted molar refractivity (Wildman–Crippen MR) is 95.4 cm³/mol. The summed E-state index contributed by atoms with van der Waals surface area (Å²) in [6, 6.07) is 10.0. The summed E-state index contributed by atoms with van der Waals surface area (Å²) in [5.41, 5.74) is 1.15. The number of imide groups is 1. The van der Waals surface area contributed by atoms with Gasteiger partial charge in [-0.15, -0.1) is 11.3 Å². The molecule has 1 aliphatic heterocycles. The maximum absolute atomic E-state index is 12.4. The minimum Gasteiger partial charge on any atom is -0.457 e. The van der Waals surface area contributed by atoms with E-state index < -0.39 is 18.5 Å². The third-order valence-corrected chi connectivity index (χ3v) is 5.16. The van der Waals surface area contributed by atoms with Gasteiger partial charge in [0.2, 0.25) is 11.7 Å². The molecule has 0 saturated heterocycles. The van der Waals surface area contributed by atoms with Gasteiger partial charge in [0.1, 0.15) is 0 Å². The molecule has 0 aliphatic carbocycles. The first kappa shape index (κ1) is 18.3. The Balaban J connectivity index is 1.52. The highest BCUT2D eigenvalue weighted by Crippen LogP contribution is 2.22. The van der Waals surface area contributed by atoms with Crippen LogP contribution in [0.5, 0.6) is 0 Å². The van der Waals surface area contributed by atoms with Crippen molar-refractivity contribution in [1.82, 2.24) is 4.90 Å². The average Bonchev–Trinajstić information content (AvgIpc) is 3.06. The van der Waals surface area contributed by atoms with Crippen LogP contribution in [0, 0.1) is 0 Å². The Hall–Kier alpha value is -2.51. The number of benzene rings is 1. The number of nitrogens with zero attached hydrogens (tertiary/aromatic N) is 1. The van der Waals surface area contributed by atoms with E-state index in [9.17, 15) is 19.2 Å². The summed E-state index contributed by atoms with van der Waals surface area (Å²) in [6.45, 7) is -0.482. The number of amides is 2. The molecule has 0 radical (unpaired) electrons. The summed E-state index contributed by atoms with van der Waals surface area (Å²) in [5.74, 6) is -1.78. The van der Waals surface area contributed by atoms with E-state index in [0.717, 1.165) is 16.2 Å². The lowest BCUT2D eigenvalue weighted by Gasteiger charge is -2.26. The van der Waals surface area contributed by atoms with Crippen LogP contribution in [0.4, 0.5) is 0 Å². The molecule has 2 amide bonds. The highest BCUT2D eigenvalue weighted by atomic mass is 35.5. The van der Waals surface area contributed by atoms with Gasteiger partial charge in [0.05, 0.1) is 22.1 Å². The molecule has 0 bridgehead atoms. The smallest absolute Gasteiger partial charge is 0.308 e. The monoisotopic (exact) mass is 391 g/mol. The largest absolute Gasteiger partial charge is 0.457 e. The molecule has 0 N–H and O–H groups in total. The average molecular weight is 392 g/mol. The normalized spacial score (nSPS) is 13.5. The third-order valence-electron chi connectivity index (χ3n) is 3.89. The SMILES string of the molecule is O=C(CCN1C(=O)Cc2ccccc2C1=O)OCC(=O)c1ccc(Cl)s1. The maximum Gasteiger partial charge on any atom is 0.308 e. The Kier molecular flexibility index (Phi) is 5.49. The molecule has 2 aromatic rings. The predicted octanol–water partition coefficient (Wildman–Crippen LogP) is 2.74. The molecular formula is C18H14ClNO5S. The van der Waals surface area contributed by atoms with Gasteiger partial charge in [0.25, 0.3) is 5.91 Å². The topological polar surface area (TPSA) is 80.8 Å². The number of hydrogen-bond acceptors (Lipinski definition) is 6. The number of thiophene rings is 1. The van der Waals surface area contributed by atoms with Gasteiger partial charge in [-0.1, -0.05) is 29.8 Å². The lowest BCUT2D eigenvalue weighted by molar-refractivity contribution is -0.143. The molecule has 0 unspecified atom stereocenters. The summed E-state index contributed by atoms with van der Waals surface area (Å²) < 4.78 is 5.40. The van der Waals surface area contributed by atoms with E-state index in [4.69, 9.17) is 16.3 Å². The van der Waals surface area contributed by atoms with Gasteiger partial charge >= 0.3 is 5.97 Å². The van der Waals surface area contributed by atoms with Crippen molar-refractivity contribution in [3.05, 3.63) is 56.7 Å². The second kappa shape index (κ2) is 7.80. The molecule has 3 rings (SSSR count). The van der Waals surface area contributed by atoms with E-state index in [1.807, 2.05) is 0 Å². The number of carbonyl (C=O) groups is 4. The molecule has 6 nitrogen and oxygen atoms in total. The van der Waals surface area contributed by atoms with Crippen molar-refractivity contribution in [3.8, 4) is 0 Å². The number of hydrogen-bond donors (Lipinski definition) is 0. The fourth-order valence-corrected chi connectivity index (χ4v) is 3.55. The number of fused-ring (bicyclic) bond motifs is 1. The Labute approximate surface area is 158 Å². The standard InChI is InChI=1S/C18H14ClNO5S/c19-15-6-5-14(26-15)13(21)10-25-17(23)7-8-20-16(22)9-11-3-1-2-4-12(11)18(20)24/h1-6H,7-10H2. The number of ether oxygens (including phenoxy) is 1. The van der Waals surface area contributed by atoms with Crippen molar-refractivity contribution < 1.29 is 23.9 Å². The minimum atomic E-state index is -0.652. The van der Waals surface area contributed by atoms with Crippen molar-refractivity contribution >= 4 is 46.5 Å². The Bertz CT molecular complexity index is 891. The fraction of sp³-hybridized carbons (Fsp3) is 0.222. The van der Waals surface area contributed by atoms with Crippen LogP contribution in [0.3, 0.4) is 0 Å². The van der Waals surface area contributed by atoms with Gasteiger partial charge in [-0.05, 0) is 23.8 Å². The van der Waals surface area contributed by atoms with Gasteiger partial charge in [-0.2, -0.15) is 0 Å². The minimum absolute atomic E-state index is 0.0795. The number of ketones is 1. The van der Waals surface area contributed by atoms with Crippen LogP contribution in [0.1, 0.15) is 32.0 Å². The van der Waals surface area contributed by atoms with Gasteiger partial charge < -0.3 is 4.74 Å². The Morgan fingerprint density at radius 3 is 2.65 bits per heavy atom. The van der Waals surface area contributed by atoms with Crippen LogP contribution < -0.4 is 0 Å². The zero-order valence-corrected chi connectivity index (χ0v) is 15.1. The number of Topliss-reactive ketones (excluding diaryl/α,β-unsaturated/α-hetero) is 1. The molecule has 2 heterocycles. The molecule has 0 saturated carbocycles. The number of rotatable bonds is 6.